The van der Waals surface area contributed by atoms with Gasteiger partial charge in [-0.25, -0.2) is 0 Å². The predicted molar refractivity (Wildman–Crippen MR) is 143 cm³/mol. The highest BCUT2D eigenvalue weighted by atomic mass is 14.3. The van der Waals surface area contributed by atoms with Crippen molar-refractivity contribution in [2.24, 2.45) is 11.8 Å². The molecule has 1 aliphatic carbocycles. The van der Waals surface area contributed by atoms with E-state index in [1.807, 2.05) is 0 Å². The maximum atomic E-state index is 3.30. The number of hydrogen-bond donors (Lipinski definition) is 0. The van der Waals surface area contributed by atoms with Crippen LogP contribution in [0, 0.1) is 35.5 Å². The largest absolute Gasteiger partial charge is 0.0982 e. The summed E-state index contributed by atoms with van der Waals surface area (Å²) in [5, 5.41) is 0. The van der Waals surface area contributed by atoms with Gasteiger partial charge in [0.2, 0.25) is 0 Å². The van der Waals surface area contributed by atoms with Gasteiger partial charge in [-0.1, -0.05) is 114 Å². The second-order valence-corrected chi connectivity index (χ2v) is 9.81. The quantitative estimate of drug-likeness (QED) is 0.271. The van der Waals surface area contributed by atoms with E-state index in [4.69, 9.17) is 0 Å². The van der Waals surface area contributed by atoms with E-state index >= 15 is 0 Å². The van der Waals surface area contributed by atoms with E-state index in [0.29, 0.717) is 0 Å². The molecule has 2 aromatic rings. The Balaban J connectivity index is 1.37. The van der Waals surface area contributed by atoms with Gasteiger partial charge in [-0.05, 0) is 66.6 Å². The average molecular weight is 439 g/mol. The van der Waals surface area contributed by atoms with E-state index < -0.39 is 0 Å². The molecule has 0 bridgehead atoms. The Kier molecular flexibility index (Phi) is 11.2. The van der Waals surface area contributed by atoms with Crippen LogP contribution in [0.1, 0.15) is 113 Å². The Bertz CT molecular complexity index is 916. The number of unbranched alkanes of at least 4 members (excludes halogenated alkanes) is 4. The molecule has 1 aliphatic rings. The van der Waals surface area contributed by atoms with Gasteiger partial charge >= 0.3 is 0 Å². The molecule has 1 fully saturated rings. The lowest BCUT2D eigenvalue weighted by molar-refractivity contribution is 0.248. The highest BCUT2D eigenvalue weighted by molar-refractivity contribution is 5.46. The van der Waals surface area contributed by atoms with E-state index in [0.717, 1.165) is 34.9 Å². The molecule has 0 spiro atoms. The van der Waals surface area contributed by atoms with Crippen molar-refractivity contribution in [1.82, 2.24) is 0 Å². The third kappa shape index (κ3) is 9.52. The molecule has 0 heteroatoms. The first-order valence-electron chi connectivity index (χ1n) is 13.5. The van der Waals surface area contributed by atoms with Crippen molar-refractivity contribution in [3.63, 3.8) is 0 Å². The Morgan fingerprint density at radius 2 is 1.12 bits per heavy atom. The number of aryl methyl sites for hydroxylation is 1. The maximum absolute atomic E-state index is 3.30. The fourth-order valence-corrected chi connectivity index (χ4v) is 4.94. The number of benzene rings is 2. The molecule has 0 nitrogen and oxygen atoms in total. The minimum Gasteiger partial charge on any atom is -0.0982 e. The van der Waals surface area contributed by atoms with E-state index in [-0.39, 0.29) is 0 Å². The number of rotatable bonds is 9. The van der Waals surface area contributed by atoms with Gasteiger partial charge in [0, 0.05) is 23.1 Å². The second kappa shape index (κ2) is 14.7. The zero-order chi connectivity index (χ0) is 23.1. The van der Waals surface area contributed by atoms with Crippen LogP contribution in [0.5, 0.6) is 0 Å². The molecule has 0 aromatic heterocycles. The van der Waals surface area contributed by atoms with Crippen LogP contribution in [0.4, 0.5) is 0 Å². The van der Waals surface area contributed by atoms with Crippen LogP contribution >= 0.6 is 0 Å². The summed E-state index contributed by atoms with van der Waals surface area (Å²) in [5.74, 6) is 14.8. The van der Waals surface area contributed by atoms with Crippen LogP contribution < -0.4 is 0 Å². The van der Waals surface area contributed by atoms with Gasteiger partial charge in [0.05, 0.1) is 0 Å². The molecular formula is C33H42. The minimum absolute atomic E-state index is 0.887. The molecule has 0 aliphatic heterocycles. The van der Waals surface area contributed by atoms with Gasteiger partial charge in [-0.2, -0.15) is 0 Å². The molecule has 1 saturated carbocycles. The molecule has 2 aromatic carbocycles. The fraction of sp³-hybridized carbons (Fsp3) is 0.515. The zero-order valence-corrected chi connectivity index (χ0v) is 21.0. The van der Waals surface area contributed by atoms with Crippen LogP contribution in [0.15, 0.2) is 48.5 Å². The molecule has 0 amide bonds. The summed E-state index contributed by atoms with van der Waals surface area (Å²) < 4.78 is 0. The van der Waals surface area contributed by atoms with Gasteiger partial charge in [0.15, 0.2) is 0 Å². The molecule has 0 radical (unpaired) electrons. The lowest BCUT2D eigenvalue weighted by Crippen LogP contribution is -2.15. The molecule has 3 rings (SSSR count). The van der Waals surface area contributed by atoms with Crippen LogP contribution in [0.2, 0.25) is 0 Å². The maximum Gasteiger partial charge on any atom is 0.0249 e. The first kappa shape index (κ1) is 25.2. The first-order valence-corrected chi connectivity index (χ1v) is 13.5. The molecule has 0 heterocycles. The van der Waals surface area contributed by atoms with E-state index in [9.17, 15) is 0 Å². The third-order valence-corrected chi connectivity index (χ3v) is 7.12. The average Bonchev–Trinajstić information content (AvgIpc) is 2.87. The summed E-state index contributed by atoms with van der Waals surface area (Å²) in [6.07, 6.45) is 17.9. The summed E-state index contributed by atoms with van der Waals surface area (Å²) in [4.78, 5) is 0. The van der Waals surface area contributed by atoms with Gasteiger partial charge in [0.25, 0.3) is 0 Å². The third-order valence-electron chi connectivity index (χ3n) is 7.12. The second-order valence-electron chi connectivity index (χ2n) is 9.81. The topological polar surface area (TPSA) is 0 Å². The zero-order valence-electron chi connectivity index (χ0n) is 21.0. The summed E-state index contributed by atoms with van der Waals surface area (Å²) in [5.41, 5.74) is 4.64. The standard InChI is InChI=1S/C33H42/c1-3-5-7-8-9-11-29-14-18-31(19-15-29)21-23-33-26-24-32(25-27-33)22-20-30-16-12-28(13-17-30)10-6-4-2/h12-13,16-17,24-27,29,31H,3-5,7-9,11,14-15,18-19,21,23H2,1-2H3. The Morgan fingerprint density at radius 3 is 1.70 bits per heavy atom. The van der Waals surface area contributed by atoms with Gasteiger partial charge in [-0.15, -0.1) is 0 Å². The minimum atomic E-state index is 0.887. The summed E-state index contributed by atoms with van der Waals surface area (Å²) in [7, 11) is 0. The van der Waals surface area contributed by atoms with Crippen molar-refractivity contribution in [2.45, 2.75) is 97.3 Å². The Hall–Kier alpha value is -2.44. The normalized spacial score (nSPS) is 17.5. The summed E-state index contributed by atoms with van der Waals surface area (Å²) in [6, 6.07) is 17.1. The summed E-state index contributed by atoms with van der Waals surface area (Å²) >= 11 is 0. The van der Waals surface area contributed by atoms with Crippen LogP contribution in [0.25, 0.3) is 0 Å². The van der Waals surface area contributed by atoms with Crippen molar-refractivity contribution in [3.8, 4) is 23.7 Å². The van der Waals surface area contributed by atoms with E-state index in [1.54, 1.807) is 0 Å². The van der Waals surface area contributed by atoms with Gasteiger partial charge in [0.1, 0.15) is 0 Å². The molecule has 33 heavy (non-hydrogen) atoms. The number of hydrogen-bond acceptors (Lipinski definition) is 0. The fourth-order valence-electron chi connectivity index (χ4n) is 4.94. The molecule has 174 valence electrons. The summed E-state index contributed by atoms with van der Waals surface area (Å²) in [6.45, 7) is 4.37. The highest BCUT2D eigenvalue weighted by Gasteiger charge is 2.20. The van der Waals surface area contributed by atoms with Crippen LogP contribution in [0.3, 0.4) is 0 Å². The first-order chi connectivity index (χ1) is 16.3. The lowest BCUT2D eigenvalue weighted by Gasteiger charge is -2.28. The van der Waals surface area contributed by atoms with Crippen molar-refractivity contribution in [3.05, 3.63) is 70.8 Å². The predicted octanol–water partition coefficient (Wildman–Crippen LogP) is 8.95. The van der Waals surface area contributed by atoms with Crippen molar-refractivity contribution in [1.29, 1.82) is 0 Å². The van der Waals surface area contributed by atoms with Crippen LogP contribution in [-0.4, -0.2) is 0 Å². The van der Waals surface area contributed by atoms with Crippen molar-refractivity contribution in [2.75, 3.05) is 0 Å². The Labute approximate surface area is 203 Å². The van der Waals surface area contributed by atoms with Crippen molar-refractivity contribution < 1.29 is 0 Å². The molecule has 0 saturated heterocycles. The van der Waals surface area contributed by atoms with Crippen molar-refractivity contribution >= 4 is 0 Å². The monoisotopic (exact) mass is 438 g/mol. The van der Waals surface area contributed by atoms with Gasteiger partial charge in [-0.3, -0.25) is 0 Å². The Morgan fingerprint density at radius 1 is 0.606 bits per heavy atom. The van der Waals surface area contributed by atoms with E-state index in [2.05, 4.69) is 86.1 Å². The SMILES string of the molecule is CCC#Cc1ccc(C#Cc2ccc(CCC3CCC(CCCCCCC)CC3)cc2)cc1. The van der Waals surface area contributed by atoms with Crippen LogP contribution in [-0.2, 0) is 6.42 Å². The molecule has 0 unspecified atom stereocenters. The van der Waals surface area contributed by atoms with Gasteiger partial charge < -0.3 is 0 Å². The molecule has 0 atom stereocenters. The molecule has 0 N–H and O–H groups in total. The molecular weight excluding hydrogens is 396 g/mol. The highest BCUT2D eigenvalue weighted by Crippen LogP contribution is 2.34. The smallest absolute Gasteiger partial charge is 0.0249 e. The lowest BCUT2D eigenvalue weighted by atomic mass is 9.77. The van der Waals surface area contributed by atoms with E-state index in [1.165, 1.54) is 82.6 Å².